The molecule has 21 heavy (non-hydrogen) atoms. The van der Waals surface area contributed by atoms with E-state index < -0.39 is 11.8 Å². The summed E-state index contributed by atoms with van der Waals surface area (Å²) in [5.74, 6) is -1.15. The van der Waals surface area contributed by atoms with Crippen LogP contribution in [0.25, 0.3) is 10.9 Å². The second kappa shape index (κ2) is 6.03. The van der Waals surface area contributed by atoms with Crippen molar-refractivity contribution < 1.29 is 18.7 Å². The Morgan fingerprint density at radius 1 is 1.33 bits per heavy atom. The van der Waals surface area contributed by atoms with Gasteiger partial charge in [0.2, 0.25) is 0 Å². The number of nitrogens with zero attached hydrogens (tertiary/aromatic N) is 1. The minimum atomic E-state index is -0.757. The molecule has 0 radical (unpaired) electrons. The summed E-state index contributed by atoms with van der Waals surface area (Å²) in [5, 5.41) is -0.116. The van der Waals surface area contributed by atoms with Crippen LogP contribution < -0.4 is 4.74 Å². The fourth-order valence-electron chi connectivity index (χ4n) is 1.82. The highest BCUT2D eigenvalue weighted by Gasteiger charge is 2.20. The van der Waals surface area contributed by atoms with E-state index in [0.717, 1.165) is 0 Å². The van der Waals surface area contributed by atoms with Gasteiger partial charge in [-0.15, -0.1) is 0 Å². The zero-order valence-electron chi connectivity index (χ0n) is 11.5. The largest absolute Gasteiger partial charge is 0.490 e. The van der Waals surface area contributed by atoms with E-state index in [-0.39, 0.29) is 38.5 Å². The Balaban J connectivity index is 2.81. The first-order chi connectivity index (χ1) is 9.85. The lowest BCUT2D eigenvalue weighted by Gasteiger charge is -2.15. The number of hydrogen-bond acceptors (Lipinski definition) is 4. The maximum Gasteiger partial charge on any atom is 0.356 e. The van der Waals surface area contributed by atoms with Gasteiger partial charge in [-0.25, -0.2) is 14.2 Å². The van der Waals surface area contributed by atoms with Gasteiger partial charge in [-0.1, -0.05) is 23.2 Å². The molecule has 0 N–H and O–H groups in total. The Hall–Kier alpha value is -1.59. The molecule has 0 saturated heterocycles. The summed E-state index contributed by atoms with van der Waals surface area (Å²) in [6.45, 7) is 3.59. The number of fused-ring (bicyclic) bond motifs is 1. The zero-order chi connectivity index (χ0) is 15.7. The number of carbonyl (C=O) groups is 1. The number of carbonyl (C=O) groups excluding carboxylic acids is 1. The van der Waals surface area contributed by atoms with Gasteiger partial charge < -0.3 is 9.47 Å². The smallest absolute Gasteiger partial charge is 0.356 e. The Morgan fingerprint density at radius 3 is 2.57 bits per heavy atom. The van der Waals surface area contributed by atoms with Gasteiger partial charge in [0, 0.05) is 6.07 Å². The second-order valence-corrected chi connectivity index (χ2v) is 5.33. The van der Waals surface area contributed by atoms with Crippen LogP contribution in [0.3, 0.4) is 0 Å². The highest BCUT2D eigenvalue weighted by Crippen LogP contribution is 2.37. The third-order valence-corrected chi connectivity index (χ3v) is 3.28. The van der Waals surface area contributed by atoms with Gasteiger partial charge in [0.15, 0.2) is 11.5 Å². The first kappa shape index (κ1) is 15.8. The summed E-state index contributed by atoms with van der Waals surface area (Å²) < 4.78 is 24.1. The summed E-state index contributed by atoms with van der Waals surface area (Å²) in [6.07, 6.45) is -0.198. The molecule has 1 aromatic heterocycles. The minimum Gasteiger partial charge on any atom is -0.490 e. The third kappa shape index (κ3) is 3.04. The molecule has 0 spiro atoms. The molecule has 1 aromatic carbocycles. The molecule has 0 aliphatic rings. The van der Waals surface area contributed by atoms with Crippen LogP contribution in [0.2, 0.25) is 10.0 Å². The van der Waals surface area contributed by atoms with Crippen LogP contribution in [0.1, 0.15) is 24.3 Å². The topological polar surface area (TPSA) is 48.4 Å². The molecule has 2 aromatic rings. The molecule has 4 nitrogen and oxygen atoms in total. The van der Waals surface area contributed by atoms with Gasteiger partial charge in [-0.2, -0.15) is 0 Å². The molecule has 0 amide bonds. The van der Waals surface area contributed by atoms with E-state index in [9.17, 15) is 9.18 Å². The van der Waals surface area contributed by atoms with Crippen molar-refractivity contribution in [2.75, 3.05) is 7.11 Å². The van der Waals surface area contributed by atoms with Crippen molar-refractivity contribution in [1.29, 1.82) is 0 Å². The van der Waals surface area contributed by atoms with Crippen molar-refractivity contribution in [1.82, 2.24) is 4.98 Å². The molecule has 0 atom stereocenters. The lowest BCUT2D eigenvalue weighted by Crippen LogP contribution is -2.10. The van der Waals surface area contributed by atoms with Crippen LogP contribution in [0.5, 0.6) is 5.75 Å². The highest BCUT2D eigenvalue weighted by molar-refractivity contribution is 6.39. The molecule has 0 saturated carbocycles. The van der Waals surface area contributed by atoms with Gasteiger partial charge in [0.05, 0.1) is 34.2 Å². The number of pyridine rings is 1. The van der Waals surface area contributed by atoms with Crippen LogP contribution in [-0.4, -0.2) is 24.2 Å². The average molecular weight is 332 g/mol. The molecule has 0 aliphatic heterocycles. The molecule has 2 rings (SSSR count). The van der Waals surface area contributed by atoms with Crippen molar-refractivity contribution in [2.45, 2.75) is 20.0 Å². The van der Waals surface area contributed by atoms with Crippen LogP contribution in [-0.2, 0) is 4.74 Å². The normalized spacial score (nSPS) is 11.0. The monoisotopic (exact) mass is 331 g/mol. The SMILES string of the molecule is COC(=O)c1cc(OC(C)C)c2c(Cl)c(F)c(Cl)cc2n1. The number of methoxy groups -OCH3 is 1. The van der Waals surface area contributed by atoms with Gasteiger partial charge in [0.1, 0.15) is 5.75 Å². The Kier molecular flexibility index (Phi) is 4.54. The van der Waals surface area contributed by atoms with E-state index >= 15 is 0 Å². The lowest BCUT2D eigenvalue weighted by atomic mass is 10.1. The van der Waals surface area contributed by atoms with Crippen molar-refractivity contribution in [2.24, 2.45) is 0 Å². The fraction of sp³-hybridized carbons (Fsp3) is 0.286. The standard InChI is InChI=1S/C14H12Cl2FNO3/c1-6(2)21-10-5-9(14(19)20-3)18-8-4-7(15)13(17)12(16)11(8)10/h4-6H,1-3H3. The molecule has 0 bridgehead atoms. The zero-order valence-corrected chi connectivity index (χ0v) is 13.0. The molecule has 1 heterocycles. The van der Waals surface area contributed by atoms with E-state index in [0.29, 0.717) is 0 Å². The maximum atomic E-state index is 13.9. The summed E-state index contributed by atoms with van der Waals surface area (Å²) in [4.78, 5) is 15.7. The molecular weight excluding hydrogens is 320 g/mol. The van der Waals surface area contributed by atoms with Gasteiger partial charge in [-0.05, 0) is 19.9 Å². The van der Waals surface area contributed by atoms with Crippen LogP contribution >= 0.6 is 23.2 Å². The van der Waals surface area contributed by atoms with Crippen molar-refractivity contribution in [3.8, 4) is 5.75 Å². The van der Waals surface area contributed by atoms with Crippen molar-refractivity contribution in [3.63, 3.8) is 0 Å². The lowest BCUT2D eigenvalue weighted by molar-refractivity contribution is 0.0593. The summed E-state index contributed by atoms with van der Waals surface area (Å²) in [7, 11) is 1.24. The molecule has 112 valence electrons. The molecule has 0 aliphatic carbocycles. The van der Waals surface area contributed by atoms with Crippen molar-refractivity contribution >= 4 is 40.1 Å². The first-order valence-corrected chi connectivity index (χ1v) is 6.84. The van der Waals surface area contributed by atoms with E-state index in [1.54, 1.807) is 13.8 Å². The summed E-state index contributed by atoms with van der Waals surface area (Å²) in [6, 6.07) is 2.66. The first-order valence-electron chi connectivity index (χ1n) is 6.08. The number of rotatable bonds is 3. The van der Waals surface area contributed by atoms with E-state index in [1.165, 1.54) is 19.2 Å². The maximum absolute atomic E-state index is 13.9. The van der Waals surface area contributed by atoms with E-state index in [2.05, 4.69) is 9.72 Å². The Bertz CT molecular complexity index is 719. The number of ether oxygens (including phenoxy) is 2. The Labute approximate surface area is 130 Å². The van der Waals surface area contributed by atoms with Crippen molar-refractivity contribution in [3.05, 3.63) is 33.7 Å². The van der Waals surface area contributed by atoms with Gasteiger partial charge in [0.25, 0.3) is 0 Å². The van der Waals surface area contributed by atoms with E-state index in [1.807, 2.05) is 0 Å². The minimum absolute atomic E-state index is 0.0272. The summed E-state index contributed by atoms with van der Waals surface area (Å²) >= 11 is 11.8. The quantitative estimate of drug-likeness (QED) is 0.623. The number of hydrogen-bond donors (Lipinski definition) is 0. The molecule has 0 unspecified atom stereocenters. The average Bonchev–Trinajstić information content (AvgIpc) is 2.42. The van der Waals surface area contributed by atoms with Gasteiger partial charge in [-0.3, -0.25) is 0 Å². The second-order valence-electron chi connectivity index (χ2n) is 4.54. The van der Waals surface area contributed by atoms with Crippen LogP contribution in [0, 0.1) is 5.82 Å². The van der Waals surface area contributed by atoms with Crippen LogP contribution in [0.4, 0.5) is 4.39 Å². The van der Waals surface area contributed by atoms with E-state index in [4.69, 9.17) is 27.9 Å². The highest BCUT2D eigenvalue weighted by atomic mass is 35.5. The Morgan fingerprint density at radius 2 is 2.00 bits per heavy atom. The number of aromatic nitrogens is 1. The number of benzene rings is 1. The molecule has 0 fully saturated rings. The third-order valence-electron chi connectivity index (χ3n) is 2.65. The molecule has 7 heteroatoms. The van der Waals surface area contributed by atoms with Crippen LogP contribution in [0.15, 0.2) is 12.1 Å². The van der Waals surface area contributed by atoms with Gasteiger partial charge >= 0.3 is 5.97 Å². The molecular formula is C14H12Cl2FNO3. The predicted octanol–water partition coefficient (Wildman–Crippen LogP) is 4.25. The summed E-state index contributed by atoms with van der Waals surface area (Å²) in [5.41, 5.74) is 0.282. The number of esters is 1. The fourth-order valence-corrected chi connectivity index (χ4v) is 2.36. The number of halogens is 3. The predicted molar refractivity (Wildman–Crippen MR) is 78.8 cm³/mol.